The number of rotatable bonds is 16. The maximum atomic E-state index is 13.5. The molecule has 0 N–H and O–H groups in total. The Morgan fingerprint density at radius 2 is 1.70 bits per heavy atom. The Hall–Kier alpha value is -5.01. The van der Waals surface area contributed by atoms with Crippen LogP contribution in [0.3, 0.4) is 0 Å². The summed E-state index contributed by atoms with van der Waals surface area (Å²) in [7, 11) is 5.56. The van der Waals surface area contributed by atoms with E-state index in [1.165, 1.54) is 11.5 Å². The number of methoxy groups -OCH3 is 1. The topological polar surface area (TPSA) is 118 Å². The minimum absolute atomic E-state index is 0.127. The SMILES string of the molecule is CCOC(=O)[C@@H](Cc1ccccc1OCc1ccnc(-c2ccccc2OC)n1)Oc1nsc2cnc(Cl)c(-c3ccc(OCCN(C)C)c(Cl)c3C)c12. The van der Waals surface area contributed by atoms with Gasteiger partial charge in [-0.3, -0.25) is 0 Å². The van der Waals surface area contributed by atoms with Crippen LogP contribution in [-0.4, -0.2) is 77.3 Å². The number of esters is 1. The van der Waals surface area contributed by atoms with Crippen molar-refractivity contribution in [2.45, 2.75) is 33.0 Å². The van der Waals surface area contributed by atoms with Crippen molar-refractivity contribution in [1.29, 1.82) is 0 Å². The highest BCUT2D eigenvalue weighted by Gasteiger charge is 2.28. The van der Waals surface area contributed by atoms with Crippen LogP contribution < -0.4 is 18.9 Å². The molecule has 3 aromatic heterocycles. The first-order chi connectivity index (χ1) is 26.2. The summed E-state index contributed by atoms with van der Waals surface area (Å²) in [4.78, 5) is 29.1. The number of halogens is 2. The van der Waals surface area contributed by atoms with Crippen molar-refractivity contribution >= 4 is 50.8 Å². The van der Waals surface area contributed by atoms with Gasteiger partial charge in [0.05, 0.1) is 40.1 Å². The van der Waals surface area contributed by atoms with Crippen molar-refractivity contribution < 1.29 is 28.5 Å². The fourth-order valence-corrected chi connectivity index (χ4v) is 6.90. The first-order valence-corrected chi connectivity index (χ1v) is 18.7. The highest BCUT2D eigenvalue weighted by Crippen LogP contribution is 2.45. The van der Waals surface area contributed by atoms with Gasteiger partial charge >= 0.3 is 5.97 Å². The summed E-state index contributed by atoms with van der Waals surface area (Å²) in [5.41, 5.74) is 4.22. The van der Waals surface area contributed by atoms with Crippen molar-refractivity contribution in [2.24, 2.45) is 0 Å². The highest BCUT2D eigenvalue weighted by molar-refractivity contribution is 7.13. The smallest absolute Gasteiger partial charge is 0.347 e. The Morgan fingerprint density at radius 1 is 0.926 bits per heavy atom. The number of carbonyl (C=O) groups excluding carboxylic acids is 1. The van der Waals surface area contributed by atoms with E-state index in [9.17, 15) is 4.79 Å². The Labute approximate surface area is 327 Å². The molecule has 14 heteroatoms. The summed E-state index contributed by atoms with van der Waals surface area (Å²) in [5.74, 6) is 1.98. The molecule has 6 rings (SSSR count). The number of aromatic nitrogens is 4. The molecule has 0 bridgehead atoms. The van der Waals surface area contributed by atoms with E-state index in [0.717, 1.165) is 33.5 Å². The molecule has 0 unspecified atom stereocenters. The minimum Gasteiger partial charge on any atom is -0.496 e. The average molecular weight is 789 g/mol. The number of ether oxygens (including phenoxy) is 5. The van der Waals surface area contributed by atoms with Gasteiger partial charge in [-0.25, -0.2) is 19.7 Å². The number of hydrogen-bond donors (Lipinski definition) is 0. The molecule has 1 atom stereocenters. The lowest BCUT2D eigenvalue weighted by Gasteiger charge is -2.19. The van der Waals surface area contributed by atoms with Crippen molar-refractivity contribution in [3.8, 4) is 45.6 Å². The first-order valence-electron chi connectivity index (χ1n) is 17.2. The maximum Gasteiger partial charge on any atom is 0.347 e. The molecule has 0 fully saturated rings. The second-order valence-electron chi connectivity index (χ2n) is 12.4. The third-order valence-corrected chi connectivity index (χ3v) is 9.99. The van der Waals surface area contributed by atoms with E-state index in [2.05, 4.69) is 14.3 Å². The van der Waals surface area contributed by atoms with Crippen LogP contribution in [0, 0.1) is 6.92 Å². The molecule has 11 nitrogen and oxygen atoms in total. The fraction of sp³-hybridized carbons (Fsp3) is 0.275. The van der Waals surface area contributed by atoms with Gasteiger partial charge in [0.2, 0.25) is 12.0 Å². The molecule has 0 saturated carbocycles. The minimum atomic E-state index is -1.08. The van der Waals surface area contributed by atoms with Gasteiger partial charge < -0.3 is 28.6 Å². The summed E-state index contributed by atoms with van der Waals surface area (Å²) < 4.78 is 35.0. The summed E-state index contributed by atoms with van der Waals surface area (Å²) in [5, 5.41) is 1.30. The number of hydrogen-bond acceptors (Lipinski definition) is 12. The molecular weight excluding hydrogens is 749 g/mol. The second-order valence-corrected chi connectivity index (χ2v) is 13.9. The zero-order valence-corrected chi connectivity index (χ0v) is 32.8. The summed E-state index contributed by atoms with van der Waals surface area (Å²) in [6.45, 7) is 5.17. The highest BCUT2D eigenvalue weighted by atomic mass is 35.5. The van der Waals surface area contributed by atoms with Crippen molar-refractivity contribution in [3.05, 3.63) is 106 Å². The van der Waals surface area contributed by atoms with Gasteiger partial charge in [-0.05, 0) is 86.5 Å². The summed E-state index contributed by atoms with van der Waals surface area (Å²) in [6.07, 6.45) is 2.37. The summed E-state index contributed by atoms with van der Waals surface area (Å²) in [6, 6.07) is 20.5. The molecule has 3 aromatic carbocycles. The molecule has 0 spiro atoms. The van der Waals surface area contributed by atoms with Gasteiger partial charge in [0, 0.05) is 30.9 Å². The van der Waals surface area contributed by atoms with Crippen LogP contribution in [0.25, 0.3) is 32.6 Å². The van der Waals surface area contributed by atoms with E-state index >= 15 is 0 Å². The van der Waals surface area contributed by atoms with Gasteiger partial charge in [0.1, 0.15) is 35.6 Å². The predicted octanol–water partition coefficient (Wildman–Crippen LogP) is 8.51. The summed E-state index contributed by atoms with van der Waals surface area (Å²) >= 11 is 14.8. The lowest BCUT2D eigenvalue weighted by atomic mass is 9.99. The van der Waals surface area contributed by atoms with E-state index in [1.54, 1.807) is 32.5 Å². The third-order valence-electron chi connectivity index (χ3n) is 8.47. The number of nitrogens with zero attached hydrogens (tertiary/aromatic N) is 5. The predicted molar refractivity (Wildman–Crippen MR) is 211 cm³/mol. The molecule has 0 saturated heterocycles. The third kappa shape index (κ3) is 8.85. The number of carbonyl (C=O) groups is 1. The number of fused-ring (bicyclic) bond motifs is 1. The van der Waals surface area contributed by atoms with E-state index in [0.29, 0.717) is 51.3 Å². The van der Waals surface area contributed by atoms with Crippen LogP contribution in [0.5, 0.6) is 23.1 Å². The largest absolute Gasteiger partial charge is 0.496 e. The van der Waals surface area contributed by atoms with Gasteiger partial charge in [-0.1, -0.05) is 59.6 Å². The van der Waals surface area contributed by atoms with E-state index in [4.69, 9.17) is 51.9 Å². The molecule has 0 radical (unpaired) electrons. The number of pyridine rings is 1. The Morgan fingerprint density at radius 3 is 2.48 bits per heavy atom. The van der Waals surface area contributed by atoms with Crippen LogP contribution in [-0.2, 0) is 22.6 Å². The molecule has 0 aliphatic heterocycles. The van der Waals surface area contributed by atoms with Gasteiger partial charge in [-0.2, -0.15) is 4.37 Å². The second kappa shape index (κ2) is 17.9. The number of likely N-dealkylation sites (N-methyl/N-ethyl adjacent to an activating group) is 1. The number of para-hydroxylation sites is 2. The van der Waals surface area contributed by atoms with Crippen molar-refractivity contribution in [2.75, 3.05) is 41.0 Å². The van der Waals surface area contributed by atoms with Gasteiger partial charge in [0.25, 0.3) is 0 Å². The molecule has 0 amide bonds. The van der Waals surface area contributed by atoms with Crippen LogP contribution in [0.2, 0.25) is 10.2 Å². The fourth-order valence-electron chi connectivity index (χ4n) is 5.74. The Balaban J connectivity index is 1.28. The first kappa shape index (κ1) is 38.7. The molecule has 54 heavy (non-hydrogen) atoms. The van der Waals surface area contributed by atoms with Crippen LogP contribution in [0.15, 0.2) is 79.1 Å². The molecule has 0 aliphatic rings. The Bertz CT molecular complexity index is 2250. The standard InChI is InChI=1S/C40H39Cl2N5O6S/c1-6-50-40(48)32(21-25-11-7-9-13-29(25)52-23-26-17-18-43-38(45-26)28-12-8-10-14-30(28)49-5)53-39-35-33(54-46-39)22-44-37(42)34(35)27-15-16-31(36(41)24(27)2)51-20-19-47(3)4/h7-18,22,32H,6,19-21,23H2,1-5H3/t32-/m1/s1. The van der Waals surface area contributed by atoms with E-state index < -0.39 is 12.1 Å². The normalized spacial score (nSPS) is 11.8. The lowest BCUT2D eigenvalue weighted by molar-refractivity contribution is -0.151. The quantitative estimate of drug-likeness (QED) is 0.0694. The molecule has 3 heterocycles. The molecule has 0 aliphatic carbocycles. The van der Waals surface area contributed by atoms with Crippen LogP contribution in [0.4, 0.5) is 0 Å². The Kier molecular flexibility index (Phi) is 12.8. The molecule has 6 aromatic rings. The van der Waals surface area contributed by atoms with Crippen molar-refractivity contribution in [1.82, 2.24) is 24.2 Å². The number of benzene rings is 3. The van der Waals surface area contributed by atoms with Crippen LogP contribution >= 0.6 is 34.7 Å². The molecule has 280 valence electrons. The van der Waals surface area contributed by atoms with E-state index in [1.807, 2.05) is 86.6 Å². The average Bonchev–Trinajstić information content (AvgIpc) is 3.58. The zero-order valence-electron chi connectivity index (χ0n) is 30.5. The zero-order chi connectivity index (χ0) is 38.2. The molecular formula is C40H39Cl2N5O6S. The van der Waals surface area contributed by atoms with E-state index in [-0.39, 0.29) is 30.7 Å². The van der Waals surface area contributed by atoms with Crippen LogP contribution in [0.1, 0.15) is 23.7 Å². The van der Waals surface area contributed by atoms with Gasteiger partial charge in [0.15, 0.2) is 5.82 Å². The lowest BCUT2D eigenvalue weighted by Crippen LogP contribution is -2.32. The van der Waals surface area contributed by atoms with Crippen molar-refractivity contribution in [3.63, 3.8) is 0 Å². The maximum absolute atomic E-state index is 13.5. The monoisotopic (exact) mass is 787 g/mol. The van der Waals surface area contributed by atoms with Gasteiger partial charge in [-0.15, -0.1) is 0 Å².